The first-order valence-corrected chi connectivity index (χ1v) is 5.33. The zero-order valence-corrected chi connectivity index (χ0v) is 8.20. The van der Waals surface area contributed by atoms with Crippen molar-refractivity contribution >= 4 is 18.3 Å². The molecule has 0 aliphatic carbocycles. The summed E-state index contributed by atoms with van der Waals surface area (Å²) in [6, 6.07) is 10.5. The van der Waals surface area contributed by atoms with Gasteiger partial charge in [0.2, 0.25) is 0 Å². The first-order valence-electron chi connectivity index (χ1n) is 4.38. The Hall–Kier alpha value is -0.960. The molecule has 0 amide bonds. The summed E-state index contributed by atoms with van der Waals surface area (Å²) in [5.41, 5.74) is 1.37. The van der Waals surface area contributed by atoms with Crippen LogP contribution in [0, 0.1) is 0 Å². The van der Waals surface area contributed by atoms with Gasteiger partial charge in [-0.3, -0.25) is 4.99 Å². The zero-order chi connectivity index (χ0) is 8.93. The number of benzene rings is 1. The molecule has 0 spiro atoms. The van der Waals surface area contributed by atoms with Gasteiger partial charge < -0.3 is 4.31 Å². The molecule has 68 valence electrons. The largest absolute Gasteiger partial charge is 0.305 e. The van der Waals surface area contributed by atoms with Gasteiger partial charge in [0.15, 0.2) is 0 Å². The van der Waals surface area contributed by atoms with Crippen LogP contribution < -0.4 is 0 Å². The average molecular weight is 192 g/mol. The van der Waals surface area contributed by atoms with Crippen LogP contribution in [0.1, 0.15) is 5.56 Å². The number of nitrogens with zero attached hydrogens (tertiary/aromatic N) is 2. The Morgan fingerprint density at radius 3 is 2.85 bits per heavy atom. The summed E-state index contributed by atoms with van der Waals surface area (Å²) in [6.45, 7) is 2.00. The molecule has 0 saturated heterocycles. The third kappa shape index (κ3) is 2.49. The number of hydrogen-bond donors (Lipinski definition) is 0. The van der Waals surface area contributed by atoms with Crippen LogP contribution in [0.2, 0.25) is 0 Å². The summed E-state index contributed by atoms with van der Waals surface area (Å²) in [4.78, 5) is 4.16. The molecule has 0 atom stereocenters. The summed E-state index contributed by atoms with van der Waals surface area (Å²) >= 11 is 1.82. The fraction of sp³-hybridized carbons (Fsp3) is 0.300. The normalized spacial score (nSPS) is 15.2. The molecule has 0 N–H and O–H groups in total. The Kier molecular flexibility index (Phi) is 2.87. The van der Waals surface area contributed by atoms with Crippen molar-refractivity contribution in [1.82, 2.24) is 4.31 Å². The van der Waals surface area contributed by atoms with E-state index in [4.69, 9.17) is 0 Å². The van der Waals surface area contributed by atoms with Crippen LogP contribution in [0.5, 0.6) is 0 Å². The van der Waals surface area contributed by atoms with Gasteiger partial charge in [0, 0.05) is 5.75 Å². The molecule has 0 unspecified atom stereocenters. The smallest absolute Gasteiger partial charge is 0.0950 e. The van der Waals surface area contributed by atoms with E-state index in [0.29, 0.717) is 0 Å². The van der Waals surface area contributed by atoms with E-state index < -0.39 is 0 Å². The van der Waals surface area contributed by atoms with Crippen LogP contribution >= 0.6 is 11.9 Å². The Balaban J connectivity index is 1.82. The predicted molar refractivity (Wildman–Crippen MR) is 57.8 cm³/mol. The van der Waals surface area contributed by atoms with Crippen molar-refractivity contribution in [2.75, 3.05) is 13.1 Å². The molecular formula is C10H12N2S. The van der Waals surface area contributed by atoms with Crippen molar-refractivity contribution in [1.29, 1.82) is 0 Å². The molecule has 0 aromatic heterocycles. The van der Waals surface area contributed by atoms with E-state index in [9.17, 15) is 0 Å². The Morgan fingerprint density at radius 1 is 1.31 bits per heavy atom. The Bertz CT molecular complexity index is 284. The zero-order valence-electron chi connectivity index (χ0n) is 7.39. The molecule has 2 nitrogen and oxygen atoms in total. The number of hydrogen-bond acceptors (Lipinski definition) is 3. The minimum Gasteiger partial charge on any atom is -0.305 e. The van der Waals surface area contributed by atoms with Crippen LogP contribution in [0.3, 0.4) is 0 Å². The van der Waals surface area contributed by atoms with Crippen molar-refractivity contribution in [3.8, 4) is 0 Å². The highest BCUT2D eigenvalue weighted by molar-refractivity contribution is 7.96. The third-order valence-corrected chi connectivity index (χ3v) is 2.97. The van der Waals surface area contributed by atoms with Crippen LogP contribution in [-0.2, 0) is 5.75 Å². The Morgan fingerprint density at radius 2 is 2.15 bits per heavy atom. The van der Waals surface area contributed by atoms with Crippen molar-refractivity contribution in [2.45, 2.75) is 5.75 Å². The van der Waals surface area contributed by atoms with E-state index in [0.717, 1.165) is 18.8 Å². The summed E-state index contributed by atoms with van der Waals surface area (Å²) in [5.74, 6) is 1.03. The molecule has 0 radical (unpaired) electrons. The summed E-state index contributed by atoms with van der Waals surface area (Å²) < 4.78 is 2.19. The fourth-order valence-corrected chi connectivity index (χ4v) is 2.04. The number of rotatable bonds is 3. The van der Waals surface area contributed by atoms with Crippen molar-refractivity contribution in [2.24, 2.45) is 4.99 Å². The van der Waals surface area contributed by atoms with Crippen molar-refractivity contribution in [3.63, 3.8) is 0 Å². The Labute approximate surface area is 82.8 Å². The molecule has 1 aromatic carbocycles. The van der Waals surface area contributed by atoms with Gasteiger partial charge in [-0.25, -0.2) is 0 Å². The average Bonchev–Trinajstić information content (AvgIpc) is 2.69. The van der Waals surface area contributed by atoms with E-state index in [1.807, 2.05) is 24.4 Å². The van der Waals surface area contributed by atoms with Crippen LogP contribution in [-0.4, -0.2) is 23.7 Å². The molecule has 0 fully saturated rings. The predicted octanol–water partition coefficient (Wildman–Crippen LogP) is 2.18. The lowest BCUT2D eigenvalue weighted by molar-refractivity contribution is 0.747. The lowest BCUT2D eigenvalue weighted by Crippen LogP contribution is -2.10. The quantitative estimate of drug-likeness (QED) is 0.682. The molecule has 3 heteroatoms. The van der Waals surface area contributed by atoms with Gasteiger partial charge in [-0.15, -0.1) is 0 Å². The lowest BCUT2D eigenvalue weighted by atomic mass is 10.2. The fourth-order valence-electron chi connectivity index (χ4n) is 1.19. The standard InChI is InChI=1S/C10H12N2S/c1-2-4-10(5-3-1)8-13-12-7-6-11-9-12/h1-5,9H,6-8H2. The van der Waals surface area contributed by atoms with Gasteiger partial charge in [-0.05, 0) is 17.5 Å². The minimum absolute atomic E-state index is 0.946. The third-order valence-electron chi connectivity index (χ3n) is 1.90. The van der Waals surface area contributed by atoms with Gasteiger partial charge in [-0.1, -0.05) is 30.3 Å². The van der Waals surface area contributed by atoms with E-state index >= 15 is 0 Å². The van der Waals surface area contributed by atoms with Gasteiger partial charge in [0.05, 0.1) is 19.4 Å². The minimum atomic E-state index is 0.946. The molecular weight excluding hydrogens is 180 g/mol. The van der Waals surface area contributed by atoms with Gasteiger partial charge in [-0.2, -0.15) is 0 Å². The maximum absolute atomic E-state index is 4.16. The highest BCUT2D eigenvalue weighted by atomic mass is 32.2. The van der Waals surface area contributed by atoms with Gasteiger partial charge in [0.1, 0.15) is 0 Å². The van der Waals surface area contributed by atoms with E-state index in [-0.39, 0.29) is 0 Å². The van der Waals surface area contributed by atoms with Gasteiger partial charge >= 0.3 is 0 Å². The van der Waals surface area contributed by atoms with Crippen LogP contribution in [0.15, 0.2) is 35.3 Å². The van der Waals surface area contributed by atoms with E-state index in [1.54, 1.807) is 0 Å². The molecule has 1 aliphatic heterocycles. The first kappa shape index (κ1) is 8.63. The molecule has 1 aliphatic rings. The summed E-state index contributed by atoms with van der Waals surface area (Å²) in [5, 5.41) is 0. The van der Waals surface area contributed by atoms with Crippen molar-refractivity contribution < 1.29 is 0 Å². The SMILES string of the molecule is C1=NCCN1SCc1ccccc1. The lowest BCUT2D eigenvalue weighted by Gasteiger charge is -2.11. The monoisotopic (exact) mass is 192 g/mol. The highest BCUT2D eigenvalue weighted by Gasteiger charge is 2.05. The van der Waals surface area contributed by atoms with Crippen molar-refractivity contribution in [3.05, 3.63) is 35.9 Å². The topological polar surface area (TPSA) is 15.6 Å². The highest BCUT2D eigenvalue weighted by Crippen LogP contribution is 2.16. The molecule has 2 rings (SSSR count). The summed E-state index contributed by atoms with van der Waals surface area (Å²) in [6.07, 6.45) is 1.92. The van der Waals surface area contributed by atoms with Gasteiger partial charge in [0.25, 0.3) is 0 Å². The van der Waals surface area contributed by atoms with Crippen LogP contribution in [0.4, 0.5) is 0 Å². The van der Waals surface area contributed by atoms with E-state index in [2.05, 4.69) is 33.6 Å². The van der Waals surface area contributed by atoms with Crippen LogP contribution in [0.25, 0.3) is 0 Å². The maximum Gasteiger partial charge on any atom is 0.0950 e. The second-order valence-electron chi connectivity index (χ2n) is 2.92. The second kappa shape index (κ2) is 4.33. The molecule has 1 heterocycles. The molecule has 1 aromatic rings. The molecule has 0 bridgehead atoms. The summed E-state index contributed by atoms with van der Waals surface area (Å²) in [7, 11) is 0. The first-order chi connectivity index (χ1) is 6.45. The van der Waals surface area contributed by atoms with E-state index in [1.165, 1.54) is 5.56 Å². The molecule has 13 heavy (non-hydrogen) atoms. The molecule has 0 saturated carbocycles. The number of aliphatic imine (C=N–C) groups is 1. The maximum atomic E-state index is 4.16. The second-order valence-corrected chi connectivity index (χ2v) is 3.94.